The zero-order valence-electron chi connectivity index (χ0n) is 20.0. The SMILES string of the molecule is [CH2]c1cc(Nc2cc(NC(=O)c3cccc(C4(C#N)CC4)c3)ccc2C)n(-c2cc(NC)ncn2)n1. The molecule has 0 unspecified atom stereocenters. The summed E-state index contributed by atoms with van der Waals surface area (Å²) in [7, 11) is 1.79. The minimum absolute atomic E-state index is 0.231. The number of aromatic nitrogens is 4. The summed E-state index contributed by atoms with van der Waals surface area (Å²) < 4.78 is 1.66. The quantitative estimate of drug-likeness (QED) is 0.351. The van der Waals surface area contributed by atoms with Gasteiger partial charge in [0.1, 0.15) is 18.0 Å². The summed E-state index contributed by atoms with van der Waals surface area (Å²) in [5.41, 5.74) is 3.98. The van der Waals surface area contributed by atoms with Gasteiger partial charge in [-0.15, -0.1) is 0 Å². The molecule has 2 aromatic heterocycles. The molecule has 0 saturated heterocycles. The first kappa shape index (κ1) is 23.1. The number of nitrogens with one attached hydrogen (secondary N) is 3. The molecule has 36 heavy (non-hydrogen) atoms. The molecule has 0 bridgehead atoms. The van der Waals surface area contributed by atoms with Gasteiger partial charge in [-0.2, -0.15) is 15.0 Å². The normalized spacial score (nSPS) is 13.5. The first-order valence-corrected chi connectivity index (χ1v) is 11.5. The number of nitriles is 1. The second kappa shape index (κ2) is 9.15. The van der Waals surface area contributed by atoms with Crippen LogP contribution < -0.4 is 16.0 Å². The topological polar surface area (TPSA) is 121 Å². The number of benzene rings is 2. The molecular weight excluding hydrogens is 452 g/mol. The van der Waals surface area contributed by atoms with E-state index in [-0.39, 0.29) is 5.91 Å². The molecule has 9 nitrogen and oxygen atoms in total. The van der Waals surface area contributed by atoms with E-state index in [9.17, 15) is 10.1 Å². The Balaban J connectivity index is 1.39. The molecule has 9 heteroatoms. The number of carbonyl (C=O) groups is 1. The molecule has 4 aromatic rings. The Morgan fingerprint density at radius 3 is 2.72 bits per heavy atom. The second-order valence-electron chi connectivity index (χ2n) is 8.83. The Morgan fingerprint density at radius 2 is 1.97 bits per heavy atom. The van der Waals surface area contributed by atoms with E-state index < -0.39 is 5.41 Å². The molecule has 1 aliphatic carbocycles. The van der Waals surface area contributed by atoms with E-state index in [2.05, 4.69) is 44.0 Å². The molecule has 179 valence electrons. The number of anilines is 4. The highest BCUT2D eigenvalue weighted by atomic mass is 16.1. The van der Waals surface area contributed by atoms with Crippen LogP contribution in [0.1, 0.15) is 40.0 Å². The smallest absolute Gasteiger partial charge is 0.255 e. The van der Waals surface area contributed by atoms with E-state index in [4.69, 9.17) is 0 Å². The average molecular weight is 478 g/mol. The summed E-state index contributed by atoms with van der Waals surface area (Å²) in [6.45, 7) is 5.93. The van der Waals surface area contributed by atoms with Crippen molar-refractivity contribution in [2.24, 2.45) is 0 Å². The van der Waals surface area contributed by atoms with E-state index in [0.29, 0.717) is 34.4 Å². The van der Waals surface area contributed by atoms with Gasteiger partial charge in [-0.3, -0.25) is 4.79 Å². The predicted octanol–water partition coefficient (Wildman–Crippen LogP) is 4.75. The van der Waals surface area contributed by atoms with Crippen molar-refractivity contribution in [2.75, 3.05) is 23.0 Å². The highest BCUT2D eigenvalue weighted by molar-refractivity contribution is 6.04. The maximum atomic E-state index is 13.0. The summed E-state index contributed by atoms with van der Waals surface area (Å²) in [4.78, 5) is 21.5. The zero-order chi connectivity index (χ0) is 25.3. The number of amides is 1. The van der Waals surface area contributed by atoms with Crippen molar-refractivity contribution >= 4 is 28.9 Å². The Bertz CT molecular complexity index is 1500. The number of hydrogen-bond acceptors (Lipinski definition) is 7. The van der Waals surface area contributed by atoms with Crippen molar-refractivity contribution < 1.29 is 4.79 Å². The maximum Gasteiger partial charge on any atom is 0.255 e. The monoisotopic (exact) mass is 477 g/mol. The minimum Gasteiger partial charge on any atom is -0.373 e. The van der Waals surface area contributed by atoms with Crippen molar-refractivity contribution in [2.45, 2.75) is 25.2 Å². The first-order valence-electron chi connectivity index (χ1n) is 11.5. The fraction of sp³-hybridized carbons (Fsp3) is 0.185. The second-order valence-corrected chi connectivity index (χ2v) is 8.83. The van der Waals surface area contributed by atoms with Crippen LogP contribution in [0.15, 0.2) is 60.9 Å². The van der Waals surface area contributed by atoms with Gasteiger partial charge in [-0.1, -0.05) is 18.2 Å². The van der Waals surface area contributed by atoms with Crippen LogP contribution in [0.3, 0.4) is 0 Å². The lowest BCUT2D eigenvalue weighted by Crippen LogP contribution is -2.14. The molecule has 0 spiro atoms. The molecule has 1 amide bonds. The van der Waals surface area contributed by atoms with Gasteiger partial charge in [0.15, 0.2) is 5.82 Å². The summed E-state index contributed by atoms with van der Waals surface area (Å²) in [5, 5.41) is 23.3. The summed E-state index contributed by atoms with van der Waals surface area (Å²) in [5.74, 6) is 1.69. The standard InChI is InChI=1S/C27H25N8O/c1-17-7-8-21(32-26(36)19-5-4-6-20(12-19)27(15-28)9-10-27)13-22(17)33-25-11-18(2)34-35(25)24-14-23(29-3)30-16-31-24/h4-8,11-14,16,33H,2,9-10H2,1,3H3,(H,32,36)(H,29,30,31). The number of hydrogen-bond donors (Lipinski definition) is 3. The Morgan fingerprint density at radius 1 is 1.14 bits per heavy atom. The van der Waals surface area contributed by atoms with Crippen LogP contribution in [0.5, 0.6) is 0 Å². The third-order valence-electron chi connectivity index (χ3n) is 6.29. The van der Waals surface area contributed by atoms with Gasteiger partial charge in [0, 0.05) is 36.1 Å². The van der Waals surface area contributed by atoms with Gasteiger partial charge < -0.3 is 16.0 Å². The van der Waals surface area contributed by atoms with Crippen LogP contribution in [-0.4, -0.2) is 32.7 Å². The van der Waals surface area contributed by atoms with E-state index in [0.717, 1.165) is 29.7 Å². The first-order chi connectivity index (χ1) is 17.4. The number of nitrogens with zero attached hydrogens (tertiary/aromatic N) is 5. The fourth-order valence-electron chi connectivity index (χ4n) is 4.02. The number of carbonyl (C=O) groups excluding carboxylic acids is 1. The Kier molecular flexibility index (Phi) is 5.86. The average Bonchev–Trinajstić information content (AvgIpc) is 3.62. The fourth-order valence-corrected chi connectivity index (χ4v) is 4.02. The number of rotatable bonds is 7. The molecule has 5 rings (SSSR count). The van der Waals surface area contributed by atoms with Gasteiger partial charge in [0.2, 0.25) is 0 Å². The van der Waals surface area contributed by atoms with Crippen LogP contribution in [0.25, 0.3) is 5.82 Å². The molecule has 1 fully saturated rings. The largest absolute Gasteiger partial charge is 0.373 e. The molecule has 0 atom stereocenters. The summed E-state index contributed by atoms with van der Waals surface area (Å²) in [6, 6.07) is 19.0. The van der Waals surface area contributed by atoms with E-state index in [1.165, 1.54) is 6.33 Å². The molecule has 3 N–H and O–H groups in total. The van der Waals surface area contributed by atoms with Crippen molar-refractivity contribution in [1.29, 1.82) is 5.26 Å². The molecule has 1 aliphatic rings. The lowest BCUT2D eigenvalue weighted by Gasteiger charge is -2.14. The Hall–Kier alpha value is -4.71. The lowest BCUT2D eigenvalue weighted by atomic mass is 9.96. The molecule has 0 aliphatic heterocycles. The molecular formula is C27H25N8O. The van der Waals surface area contributed by atoms with Crippen LogP contribution in [0.4, 0.5) is 23.0 Å². The van der Waals surface area contributed by atoms with Crippen molar-refractivity contribution in [1.82, 2.24) is 19.7 Å². The van der Waals surface area contributed by atoms with Crippen LogP contribution in [-0.2, 0) is 5.41 Å². The molecule has 2 aromatic carbocycles. The van der Waals surface area contributed by atoms with Crippen molar-refractivity contribution in [3.05, 3.63) is 90.2 Å². The van der Waals surface area contributed by atoms with Gasteiger partial charge in [-0.25, -0.2) is 9.97 Å². The Labute approximate surface area is 209 Å². The number of aryl methyl sites for hydroxylation is 1. The van der Waals surface area contributed by atoms with E-state index in [1.54, 1.807) is 23.9 Å². The van der Waals surface area contributed by atoms with E-state index >= 15 is 0 Å². The van der Waals surface area contributed by atoms with Gasteiger partial charge in [0.05, 0.1) is 17.2 Å². The predicted molar refractivity (Wildman–Crippen MR) is 139 cm³/mol. The lowest BCUT2D eigenvalue weighted by molar-refractivity contribution is 0.102. The molecule has 1 saturated carbocycles. The van der Waals surface area contributed by atoms with Gasteiger partial charge in [-0.05, 0) is 62.1 Å². The van der Waals surface area contributed by atoms with Crippen molar-refractivity contribution in [3.63, 3.8) is 0 Å². The maximum absolute atomic E-state index is 13.0. The highest BCUT2D eigenvalue weighted by Crippen LogP contribution is 2.47. The summed E-state index contributed by atoms with van der Waals surface area (Å²) >= 11 is 0. The molecule has 1 radical (unpaired) electrons. The van der Waals surface area contributed by atoms with Crippen LogP contribution in [0.2, 0.25) is 0 Å². The van der Waals surface area contributed by atoms with Crippen molar-refractivity contribution in [3.8, 4) is 11.9 Å². The van der Waals surface area contributed by atoms with E-state index in [1.807, 2.05) is 49.4 Å². The van der Waals surface area contributed by atoms with Gasteiger partial charge in [0.25, 0.3) is 5.91 Å². The third kappa shape index (κ3) is 4.49. The van der Waals surface area contributed by atoms with Crippen LogP contribution in [0, 0.1) is 25.2 Å². The third-order valence-corrected chi connectivity index (χ3v) is 6.29. The molecule has 2 heterocycles. The van der Waals surface area contributed by atoms with Gasteiger partial charge >= 0.3 is 0 Å². The van der Waals surface area contributed by atoms with Crippen LogP contribution >= 0.6 is 0 Å². The minimum atomic E-state index is -0.440. The summed E-state index contributed by atoms with van der Waals surface area (Å²) in [6.07, 6.45) is 3.13. The highest BCUT2D eigenvalue weighted by Gasteiger charge is 2.45. The zero-order valence-corrected chi connectivity index (χ0v) is 20.0.